The number of carbonyl (C=O) groups excluding carboxylic acids is 1. The topological polar surface area (TPSA) is 145 Å². The maximum absolute atomic E-state index is 12.5. The highest BCUT2D eigenvalue weighted by Gasteiger charge is 2.55. The molecule has 4 rings (SSSR count). The summed E-state index contributed by atoms with van der Waals surface area (Å²) in [6.45, 7) is 0.451. The number of hydrogen-bond acceptors (Lipinski definition) is 7. The van der Waals surface area contributed by atoms with Gasteiger partial charge in [0.05, 0.1) is 6.04 Å². The smallest absolute Gasteiger partial charge is 0.349 e. The zero-order chi connectivity index (χ0) is 25.0. The van der Waals surface area contributed by atoms with E-state index in [1.807, 2.05) is 48.5 Å². The van der Waals surface area contributed by atoms with Crippen LogP contribution in [0.25, 0.3) is 11.1 Å². The number of hydrogen-bond donors (Lipinski definition) is 3. The molecule has 9 nitrogen and oxygen atoms in total. The van der Waals surface area contributed by atoms with Gasteiger partial charge in [-0.25, -0.2) is 9.59 Å². The predicted octanol–water partition coefficient (Wildman–Crippen LogP) is 2.90. The first-order valence-corrected chi connectivity index (χ1v) is 11.7. The molecule has 4 N–H and O–H groups in total. The Morgan fingerprint density at radius 3 is 2.14 bits per heavy atom. The molecule has 186 valence electrons. The van der Waals surface area contributed by atoms with Crippen LogP contribution in [0.15, 0.2) is 48.5 Å². The molecule has 2 atom stereocenters. The first-order chi connectivity index (χ1) is 16.8. The van der Waals surface area contributed by atoms with Crippen molar-refractivity contribution in [2.24, 2.45) is 5.73 Å². The lowest BCUT2D eigenvalue weighted by Gasteiger charge is -2.35. The number of benzene rings is 2. The van der Waals surface area contributed by atoms with Gasteiger partial charge in [0.15, 0.2) is 6.29 Å². The number of ether oxygens (including phenoxy) is 3. The third kappa shape index (κ3) is 4.93. The van der Waals surface area contributed by atoms with E-state index in [1.165, 1.54) is 0 Å². The van der Waals surface area contributed by atoms with Gasteiger partial charge < -0.3 is 30.2 Å². The van der Waals surface area contributed by atoms with Crippen molar-refractivity contribution in [2.45, 2.75) is 56.0 Å². The molecular weight excluding hydrogens is 454 g/mol. The van der Waals surface area contributed by atoms with Crippen LogP contribution in [0.4, 0.5) is 0 Å². The summed E-state index contributed by atoms with van der Waals surface area (Å²) in [5.41, 5.74) is 7.61. The van der Waals surface area contributed by atoms with Gasteiger partial charge in [-0.2, -0.15) is 0 Å². The van der Waals surface area contributed by atoms with Crippen molar-refractivity contribution in [3.63, 3.8) is 0 Å². The van der Waals surface area contributed by atoms with Gasteiger partial charge in [-0.05, 0) is 47.9 Å². The minimum Gasteiger partial charge on any atom is -0.479 e. The molecule has 0 amide bonds. The molecule has 0 spiro atoms. The average molecular weight is 484 g/mol. The molecule has 1 aliphatic carbocycles. The second-order valence-corrected chi connectivity index (χ2v) is 8.82. The van der Waals surface area contributed by atoms with Gasteiger partial charge in [-0.1, -0.05) is 48.5 Å². The molecule has 35 heavy (non-hydrogen) atoms. The van der Waals surface area contributed by atoms with Crippen LogP contribution >= 0.6 is 0 Å². The SMILES string of the molecule is NC(CCC(=O)OCC1c2ccccc2-c2ccccc21)C(OC1CCCCO1)(C(=O)O)C(=O)O. The number of rotatable bonds is 10. The number of aliphatic carboxylic acids is 2. The molecule has 0 bridgehead atoms. The van der Waals surface area contributed by atoms with Gasteiger partial charge in [-0.3, -0.25) is 4.79 Å². The minimum atomic E-state index is -2.73. The van der Waals surface area contributed by atoms with Crippen LogP contribution in [-0.2, 0) is 28.6 Å². The third-order valence-corrected chi connectivity index (χ3v) is 6.65. The Labute approximate surface area is 202 Å². The van der Waals surface area contributed by atoms with Gasteiger partial charge >= 0.3 is 17.9 Å². The summed E-state index contributed by atoms with van der Waals surface area (Å²) in [5, 5.41) is 19.5. The summed E-state index contributed by atoms with van der Waals surface area (Å²) < 4.78 is 16.3. The van der Waals surface area contributed by atoms with Gasteiger partial charge in [0.1, 0.15) is 6.61 Å². The highest BCUT2D eigenvalue weighted by atomic mass is 16.7. The fraction of sp³-hybridized carbons (Fsp3) is 0.423. The molecule has 1 saturated heterocycles. The summed E-state index contributed by atoms with van der Waals surface area (Å²) in [7, 11) is 0. The molecule has 0 radical (unpaired) electrons. The average Bonchev–Trinajstić information content (AvgIpc) is 3.18. The van der Waals surface area contributed by atoms with Crippen LogP contribution < -0.4 is 5.73 Å². The van der Waals surface area contributed by atoms with Crippen molar-refractivity contribution < 1.29 is 38.8 Å². The van der Waals surface area contributed by atoms with E-state index >= 15 is 0 Å². The number of carboxylic acids is 2. The van der Waals surface area contributed by atoms with E-state index < -0.39 is 35.8 Å². The molecule has 0 saturated carbocycles. The maximum Gasteiger partial charge on any atom is 0.349 e. The van der Waals surface area contributed by atoms with E-state index in [2.05, 4.69) is 0 Å². The number of nitrogens with two attached hydrogens (primary N) is 1. The lowest BCUT2D eigenvalue weighted by molar-refractivity contribution is -0.241. The molecule has 2 aromatic carbocycles. The second kappa shape index (κ2) is 10.6. The zero-order valence-electron chi connectivity index (χ0n) is 19.2. The number of fused-ring (bicyclic) bond motifs is 3. The Kier molecular flexibility index (Phi) is 7.49. The Morgan fingerprint density at radius 1 is 1.00 bits per heavy atom. The second-order valence-electron chi connectivity index (χ2n) is 8.82. The van der Waals surface area contributed by atoms with E-state index in [0.717, 1.165) is 35.1 Å². The quantitative estimate of drug-likeness (QED) is 0.343. The Balaban J connectivity index is 1.39. The van der Waals surface area contributed by atoms with Crippen LogP contribution in [0.2, 0.25) is 0 Å². The Bertz CT molecular complexity index is 1030. The van der Waals surface area contributed by atoms with Crippen molar-refractivity contribution >= 4 is 17.9 Å². The van der Waals surface area contributed by atoms with Gasteiger partial charge in [0.25, 0.3) is 5.60 Å². The zero-order valence-corrected chi connectivity index (χ0v) is 19.2. The van der Waals surface area contributed by atoms with E-state index in [-0.39, 0.29) is 25.4 Å². The standard InChI is InChI=1S/C26H29NO8/c27-21(26(24(29)30,25(31)32)35-23-11-5-6-14-33-23)12-13-22(28)34-15-20-18-9-3-1-7-16(18)17-8-2-4-10-19(17)20/h1-4,7-10,20-21,23H,5-6,11-15,27H2,(H,29,30)(H,31,32). The van der Waals surface area contributed by atoms with Gasteiger partial charge in [-0.15, -0.1) is 0 Å². The highest BCUT2D eigenvalue weighted by molar-refractivity contribution is 6.03. The molecule has 1 fully saturated rings. The summed E-state index contributed by atoms with van der Waals surface area (Å²) >= 11 is 0. The van der Waals surface area contributed by atoms with E-state index in [0.29, 0.717) is 13.0 Å². The molecular formula is C26H29NO8. The van der Waals surface area contributed by atoms with Crippen LogP contribution in [0.1, 0.15) is 49.1 Å². The fourth-order valence-electron chi connectivity index (χ4n) is 4.77. The van der Waals surface area contributed by atoms with E-state index in [1.54, 1.807) is 0 Å². The van der Waals surface area contributed by atoms with Crippen molar-refractivity contribution in [1.82, 2.24) is 0 Å². The first kappa shape index (κ1) is 24.8. The monoisotopic (exact) mass is 483 g/mol. The summed E-state index contributed by atoms with van der Waals surface area (Å²) in [6.07, 6.45) is 0.365. The molecule has 2 aliphatic rings. The minimum absolute atomic E-state index is 0.109. The van der Waals surface area contributed by atoms with E-state index in [9.17, 15) is 24.6 Å². The molecule has 0 aromatic heterocycles. The van der Waals surface area contributed by atoms with Crippen LogP contribution in [-0.4, -0.2) is 59.3 Å². The number of carbonyl (C=O) groups is 3. The summed E-state index contributed by atoms with van der Waals surface area (Å²) in [5.74, 6) is -4.19. The number of esters is 1. The lowest BCUT2D eigenvalue weighted by atomic mass is 9.90. The van der Waals surface area contributed by atoms with Crippen LogP contribution in [0.3, 0.4) is 0 Å². The summed E-state index contributed by atoms with van der Waals surface area (Å²) in [6, 6.07) is 14.4. The predicted molar refractivity (Wildman–Crippen MR) is 125 cm³/mol. The normalized spacial score (nSPS) is 18.4. The van der Waals surface area contributed by atoms with Crippen molar-refractivity contribution in [1.29, 1.82) is 0 Å². The van der Waals surface area contributed by atoms with Gasteiger partial charge in [0.2, 0.25) is 0 Å². The van der Waals surface area contributed by atoms with Gasteiger partial charge in [0, 0.05) is 18.9 Å². The maximum atomic E-state index is 12.5. The molecule has 2 unspecified atom stereocenters. The van der Waals surface area contributed by atoms with Crippen molar-refractivity contribution in [3.8, 4) is 11.1 Å². The summed E-state index contributed by atoms with van der Waals surface area (Å²) in [4.78, 5) is 36.5. The highest BCUT2D eigenvalue weighted by Crippen LogP contribution is 2.44. The van der Waals surface area contributed by atoms with Crippen LogP contribution in [0.5, 0.6) is 0 Å². The van der Waals surface area contributed by atoms with Crippen LogP contribution in [0, 0.1) is 0 Å². The Hall–Kier alpha value is -3.27. The lowest BCUT2D eigenvalue weighted by Crippen LogP contribution is -2.63. The van der Waals surface area contributed by atoms with E-state index in [4.69, 9.17) is 19.9 Å². The molecule has 2 aromatic rings. The third-order valence-electron chi connectivity index (χ3n) is 6.65. The number of carboxylic acid groups (broad SMARTS) is 2. The first-order valence-electron chi connectivity index (χ1n) is 11.7. The molecule has 1 heterocycles. The molecule has 9 heteroatoms. The molecule has 1 aliphatic heterocycles. The van der Waals surface area contributed by atoms with Crippen molar-refractivity contribution in [2.75, 3.05) is 13.2 Å². The fourth-order valence-corrected chi connectivity index (χ4v) is 4.77. The Morgan fingerprint density at radius 2 is 1.60 bits per heavy atom. The van der Waals surface area contributed by atoms with Crippen molar-refractivity contribution in [3.05, 3.63) is 59.7 Å². The largest absolute Gasteiger partial charge is 0.479 e.